The Morgan fingerprint density at radius 2 is 1.97 bits per heavy atom. The first kappa shape index (κ1) is 22.9. The van der Waals surface area contributed by atoms with Crippen molar-refractivity contribution in [3.63, 3.8) is 0 Å². The highest BCUT2D eigenvalue weighted by Gasteiger charge is 2.45. The second-order valence-corrected chi connectivity index (χ2v) is 9.48. The number of hydrogen-bond acceptors (Lipinski definition) is 5. The van der Waals surface area contributed by atoms with Gasteiger partial charge in [0.1, 0.15) is 5.75 Å². The molecule has 6 nitrogen and oxygen atoms in total. The molecule has 2 bridgehead atoms. The summed E-state index contributed by atoms with van der Waals surface area (Å²) in [5.74, 6) is 3.53. The lowest BCUT2D eigenvalue weighted by Crippen LogP contribution is -2.60. The van der Waals surface area contributed by atoms with E-state index in [4.69, 9.17) is 14.6 Å². The van der Waals surface area contributed by atoms with Crippen LogP contribution in [0.15, 0.2) is 24.3 Å². The van der Waals surface area contributed by atoms with Crippen LogP contribution in [0.3, 0.4) is 0 Å². The second kappa shape index (κ2) is 11.0. The largest absolute Gasteiger partial charge is 0.497 e. The summed E-state index contributed by atoms with van der Waals surface area (Å²) in [6.45, 7) is 2.83. The molecule has 0 aliphatic carbocycles. The number of carbonyl (C=O) groups excluding carboxylic acids is 1. The van der Waals surface area contributed by atoms with E-state index in [0.717, 1.165) is 31.1 Å². The van der Waals surface area contributed by atoms with E-state index in [2.05, 4.69) is 40.3 Å². The van der Waals surface area contributed by atoms with Gasteiger partial charge in [-0.3, -0.25) is 14.5 Å². The molecule has 1 N–H and O–H groups in total. The zero-order valence-corrected chi connectivity index (χ0v) is 18.9. The molecule has 3 saturated heterocycles. The first-order valence-corrected chi connectivity index (χ1v) is 12.2. The highest BCUT2D eigenvalue weighted by Crippen LogP contribution is 2.44. The van der Waals surface area contributed by atoms with Crippen LogP contribution in [0.4, 0.5) is 0 Å². The standard InChI is InChI=1S/C22H32N2O2S.CH2O2/c1-26-19-8-6-17(7-9-19)20-4-3-5-21-18-12-16(14-24(20)21)13-23(15-18)22(25)10-11-27-2;2-1-3/h6-9,16,18,20-21H,3-5,10-15H2,1-2H3;1H,(H,2,3)/t16-,18+,20+,21-;/m0./s1. The molecule has 30 heavy (non-hydrogen) atoms. The van der Waals surface area contributed by atoms with Gasteiger partial charge in [-0.1, -0.05) is 12.1 Å². The molecular formula is C23H34N2O4S. The second-order valence-electron chi connectivity index (χ2n) is 8.49. The van der Waals surface area contributed by atoms with Crippen LogP contribution in [-0.4, -0.2) is 72.1 Å². The summed E-state index contributed by atoms with van der Waals surface area (Å²) >= 11 is 1.77. The first-order valence-electron chi connectivity index (χ1n) is 10.9. The number of amides is 1. The van der Waals surface area contributed by atoms with Crippen molar-refractivity contribution in [1.82, 2.24) is 9.80 Å². The maximum absolute atomic E-state index is 12.6. The maximum atomic E-state index is 12.6. The Kier molecular flexibility index (Phi) is 8.45. The number of ether oxygens (including phenoxy) is 1. The fourth-order valence-corrected chi connectivity index (χ4v) is 5.92. The van der Waals surface area contributed by atoms with E-state index in [1.807, 2.05) is 0 Å². The van der Waals surface area contributed by atoms with E-state index < -0.39 is 0 Å². The zero-order valence-electron chi connectivity index (χ0n) is 18.0. The summed E-state index contributed by atoms with van der Waals surface area (Å²) in [7, 11) is 1.73. The van der Waals surface area contributed by atoms with Crippen molar-refractivity contribution in [2.75, 3.05) is 38.8 Å². The van der Waals surface area contributed by atoms with Crippen LogP contribution in [0.5, 0.6) is 5.75 Å². The van der Waals surface area contributed by atoms with Gasteiger partial charge in [-0.2, -0.15) is 11.8 Å². The van der Waals surface area contributed by atoms with E-state index in [1.165, 1.54) is 31.2 Å². The molecule has 3 heterocycles. The van der Waals surface area contributed by atoms with Crippen LogP contribution in [0.2, 0.25) is 0 Å². The number of thioether (sulfide) groups is 1. The van der Waals surface area contributed by atoms with Crippen molar-refractivity contribution in [2.24, 2.45) is 11.8 Å². The van der Waals surface area contributed by atoms with Gasteiger partial charge in [0, 0.05) is 43.9 Å². The van der Waals surface area contributed by atoms with Crippen molar-refractivity contribution in [3.05, 3.63) is 29.8 Å². The monoisotopic (exact) mass is 434 g/mol. The van der Waals surface area contributed by atoms with E-state index in [1.54, 1.807) is 18.9 Å². The predicted molar refractivity (Wildman–Crippen MR) is 120 cm³/mol. The SMILES string of the molecule is COc1ccc([C@H]2CCC[C@H]3[C@@H]4C[C@@H](CN(C(=O)CCSC)C4)CN23)cc1.O=CO. The van der Waals surface area contributed by atoms with Gasteiger partial charge in [0.2, 0.25) is 5.91 Å². The van der Waals surface area contributed by atoms with Crippen molar-refractivity contribution in [3.8, 4) is 5.75 Å². The topological polar surface area (TPSA) is 70.1 Å². The van der Waals surface area contributed by atoms with Crippen molar-refractivity contribution in [2.45, 2.75) is 44.2 Å². The molecule has 1 aromatic rings. The summed E-state index contributed by atoms with van der Waals surface area (Å²) < 4.78 is 5.33. The number of nitrogens with zero attached hydrogens (tertiary/aromatic N) is 2. The van der Waals surface area contributed by atoms with E-state index >= 15 is 0 Å². The van der Waals surface area contributed by atoms with Gasteiger partial charge < -0.3 is 14.7 Å². The van der Waals surface area contributed by atoms with E-state index in [-0.39, 0.29) is 6.47 Å². The normalized spacial score (nSPS) is 28.0. The Labute approximate surface area is 183 Å². The van der Waals surface area contributed by atoms with Crippen molar-refractivity contribution >= 4 is 24.1 Å². The number of rotatable bonds is 5. The lowest BCUT2D eigenvalue weighted by atomic mass is 9.74. The van der Waals surface area contributed by atoms with Gasteiger partial charge in [0.15, 0.2) is 0 Å². The zero-order chi connectivity index (χ0) is 21.5. The van der Waals surface area contributed by atoms with Crippen molar-refractivity contribution in [1.29, 1.82) is 0 Å². The van der Waals surface area contributed by atoms with Gasteiger partial charge in [-0.15, -0.1) is 0 Å². The average molecular weight is 435 g/mol. The van der Waals surface area contributed by atoms with Crippen molar-refractivity contribution < 1.29 is 19.4 Å². The molecule has 0 spiro atoms. The summed E-state index contributed by atoms with van der Waals surface area (Å²) in [5.41, 5.74) is 1.42. The molecule has 3 aliphatic rings. The number of hydrogen-bond donors (Lipinski definition) is 1. The third-order valence-corrected chi connectivity index (χ3v) is 7.37. The molecule has 0 saturated carbocycles. The number of carbonyl (C=O) groups is 2. The van der Waals surface area contributed by atoms with Crippen LogP contribution in [0.25, 0.3) is 0 Å². The molecular weight excluding hydrogens is 400 g/mol. The lowest BCUT2D eigenvalue weighted by molar-refractivity contribution is -0.138. The molecule has 1 amide bonds. The third-order valence-electron chi connectivity index (χ3n) is 6.76. The average Bonchev–Trinajstić information content (AvgIpc) is 2.77. The fraction of sp³-hybridized carbons (Fsp3) is 0.652. The molecule has 0 aromatic heterocycles. The third kappa shape index (κ3) is 5.30. The Morgan fingerprint density at radius 3 is 2.63 bits per heavy atom. The van der Waals surface area contributed by atoms with Crippen LogP contribution in [0.1, 0.15) is 43.7 Å². The molecule has 3 fully saturated rings. The molecule has 3 aliphatic heterocycles. The lowest BCUT2D eigenvalue weighted by Gasteiger charge is -2.55. The van der Waals surface area contributed by atoms with Gasteiger partial charge in [0.25, 0.3) is 6.47 Å². The molecule has 0 radical (unpaired) electrons. The smallest absolute Gasteiger partial charge is 0.290 e. The van der Waals surface area contributed by atoms with Gasteiger partial charge in [-0.25, -0.2) is 0 Å². The number of benzene rings is 1. The fourth-order valence-electron chi connectivity index (χ4n) is 5.54. The summed E-state index contributed by atoms with van der Waals surface area (Å²) in [5, 5.41) is 6.89. The number of likely N-dealkylation sites (tertiary alicyclic amines) is 1. The number of piperidine rings is 3. The highest BCUT2D eigenvalue weighted by molar-refractivity contribution is 7.98. The van der Waals surface area contributed by atoms with Crippen LogP contribution < -0.4 is 4.74 Å². The minimum atomic E-state index is -0.250. The summed E-state index contributed by atoms with van der Waals surface area (Å²) in [6.07, 6.45) is 7.92. The Morgan fingerprint density at radius 1 is 1.23 bits per heavy atom. The van der Waals surface area contributed by atoms with E-state index in [9.17, 15) is 4.79 Å². The van der Waals surface area contributed by atoms with Gasteiger partial charge >= 0.3 is 0 Å². The Bertz CT molecular complexity index is 699. The molecule has 7 heteroatoms. The minimum Gasteiger partial charge on any atom is -0.497 e. The van der Waals surface area contributed by atoms with Crippen LogP contribution in [0, 0.1) is 11.8 Å². The van der Waals surface area contributed by atoms with E-state index in [0.29, 0.717) is 36.2 Å². The van der Waals surface area contributed by atoms with Crippen LogP contribution in [-0.2, 0) is 9.59 Å². The van der Waals surface area contributed by atoms with Gasteiger partial charge in [0.05, 0.1) is 7.11 Å². The first-order chi connectivity index (χ1) is 14.6. The minimum absolute atomic E-state index is 0.250. The Hall–Kier alpha value is -1.73. The quantitative estimate of drug-likeness (QED) is 0.715. The maximum Gasteiger partial charge on any atom is 0.290 e. The molecule has 4 atom stereocenters. The number of fused-ring (bicyclic) bond motifs is 4. The molecule has 4 rings (SSSR count). The summed E-state index contributed by atoms with van der Waals surface area (Å²) in [4.78, 5) is 25.9. The van der Waals surface area contributed by atoms with Crippen LogP contribution >= 0.6 is 11.8 Å². The molecule has 0 unspecified atom stereocenters. The number of carboxylic acid groups (broad SMARTS) is 1. The molecule has 166 valence electrons. The molecule has 1 aromatic carbocycles. The summed E-state index contributed by atoms with van der Waals surface area (Å²) in [6, 6.07) is 9.84. The highest BCUT2D eigenvalue weighted by atomic mass is 32.2. The van der Waals surface area contributed by atoms with Gasteiger partial charge in [-0.05, 0) is 61.5 Å². The Balaban J connectivity index is 0.000000806. The number of methoxy groups -OCH3 is 1. The predicted octanol–water partition coefficient (Wildman–Crippen LogP) is 3.52.